The number of ether oxygens (including phenoxy) is 2. The molecule has 0 bridgehead atoms. The van der Waals surface area contributed by atoms with Crippen molar-refractivity contribution in [3.05, 3.63) is 0 Å². The Balaban J connectivity index is 1.58. The van der Waals surface area contributed by atoms with Crippen molar-refractivity contribution in [1.82, 2.24) is 4.90 Å². The Morgan fingerprint density at radius 2 is 2.00 bits per heavy atom. The second kappa shape index (κ2) is 4.70. The first kappa shape index (κ1) is 14.9. The molecule has 22 heavy (non-hydrogen) atoms. The normalized spacial score (nSPS) is 53.3. The molecule has 0 aromatic carbocycles. The topological polar surface area (TPSA) is 42.1 Å². The van der Waals surface area contributed by atoms with Gasteiger partial charge in [-0.2, -0.15) is 0 Å². The molecule has 4 rings (SSSR count). The number of hydrogen-bond donors (Lipinski definition) is 0. The van der Waals surface area contributed by atoms with E-state index in [0.29, 0.717) is 11.3 Å². The summed E-state index contributed by atoms with van der Waals surface area (Å²) in [6, 6.07) is 0. The van der Waals surface area contributed by atoms with Crippen LogP contribution in [0.1, 0.15) is 46.0 Å². The molecular weight excluding hydrogens is 278 g/mol. The Hall–Kier alpha value is -0.610. The minimum atomic E-state index is -0.0446. The van der Waals surface area contributed by atoms with Crippen molar-refractivity contribution >= 4 is 5.97 Å². The van der Waals surface area contributed by atoms with Crippen molar-refractivity contribution in [1.29, 1.82) is 0 Å². The number of carbonyl (C=O) groups excluding carboxylic acids is 1. The first-order valence-electron chi connectivity index (χ1n) is 8.85. The van der Waals surface area contributed by atoms with Crippen molar-refractivity contribution in [2.75, 3.05) is 20.6 Å². The van der Waals surface area contributed by atoms with Gasteiger partial charge in [-0.3, -0.25) is 4.79 Å². The van der Waals surface area contributed by atoms with Crippen LogP contribution in [0, 0.1) is 23.2 Å². The fourth-order valence-corrected chi connectivity index (χ4v) is 5.06. The first-order valence-corrected chi connectivity index (χ1v) is 8.85. The van der Waals surface area contributed by atoms with E-state index < -0.39 is 0 Å². The molecule has 2 heterocycles. The SMILES string of the molecule is CN(C)C[C@@H]1C(=O)O[C@H]2[C@H]1CC[C@@]1(C)C[C@@H]1CC[C@@]1(C)O[C@@H]21. The maximum Gasteiger partial charge on any atom is 0.311 e. The van der Waals surface area contributed by atoms with Crippen molar-refractivity contribution < 1.29 is 14.3 Å². The molecule has 4 aliphatic rings. The van der Waals surface area contributed by atoms with Crippen LogP contribution >= 0.6 is 0 Å². The summed E-state index contributed by atoms with van der Waals surface area (Å²) < 4.78 is 11.9. The van der Waals surface area contributed by atoms with Gasteiger partial charge in [-0.25, -0.2) is 0 Å². The number of carbonyl (C=O) groups is 1. The maximum absolute atomic E-state index is 12.4. The van der Waals surface area contributed by atoms with Crippen LogP contribution < -0.4 is 0 Å². The highest BCUT2D eigenvalue weighted by Gasteiger charge is 2.64. The van der Waals surface area contributed by atoms with Gasteiger partial charge in [0.05, 0.1) is 11.5 Å². The summed E-state index contributed by atoms with van der Waals surface area (Å²) in [7, 11) is 4.08. The van der Waals surface area contributed by atoms with E-state index >= 15 is 0 Å². The van der Waals surface area contributed by atoms with Crippen LogP contribution in [0.5, 0.6) is 0 Å². The van der Waals surface area contributed by atoms with Gasteiger partial charge in [0.15, 0.2) is 0 Å². The van der Waals surface area contributed by atoms with Crippen LogP contribution in [-0.4, -0.2) is 49.3 Å². The van der Waals surface area contributed by atoms with Crippen LogP contribution in [-0.2, 0) is 14.3 Å². The number of fused-ring (bicyclic) bond motifs is 4. The van der Waals surface area contributed by atoms with Crippen LogP contribution in [0.25, 0.3) is 0 Å². The van der Waals surface area contributed by atoms with Gasteiger partial charge in [0.25, 0.3) is 0 Å². The van der Waals surface area contributed by atoms with Crippen LogP contribution in [0.2, 0.25) is 0 Å². The van der Waals surface area contributed by atoms with Gasteiger partial charge in [0, 0.05) is 12.5 Å². The smallest absolute Gasteiger partial charge is 0.311 e. The Morgan fingerprint density at radius 1 is 1.23 bits per heavy atom. The number of esters is 1. The summed E-state index contributed by atoms with van der Waals surface area (Å²) >= 11 is 0. The van der Waals surface area contributed by atoms with Gasteiger partial charge in [0.2, 0.25) is 0 Å². The van der Waals surface area contributed by atoms with E-state index in [-0.39, 0.29) is 29.7 Å². The molecule has 0 spiro atoms. The molecular formula is C18H29NO3. The summed E-state index contributed by atoms with van der Waals surface area (Å²) in [4.78, 5) is 14.5. The fourth-order valence-electron chi connectivity index (χ4n) is 5.06. The van der Waals surface area contributed by atoms with Gasteiger partial charge >= 0.3 is 5.97 Å². The first-order chi connectivity index (χ1) is 10.3. The monoisotopic (exact) mass is 307 g/mol. The van der Waals surface area contributed by atoms with E-state index in [9.17, 15) is 4.79 Å². The summed E-state index contributed by atoms with van der Waals surface area (Å²) in [5.74, 6) is 1.22. The summed E-state index contributed by atoms with van der Waals surface area (Å²) in [6.45, 7) is 5.44. The Bertz CT molecular complexity index is 493. The summed E-state index contributed by atoms with van der Waals surface area (Å²) in [5, 5.41) is 0. The maximum atomic E-state index is 12.4. The third-order valence-corrected chi connectivity index (χ3v) is 6.87. The molecule has 0 unspecified atom stereocenters. The molecule has 2 saturated heterocycles. The standard InChI is InChI=1S/C18H29NO3/c1-17-7-6-12-13(10-19(3)4)16(20)21-14(12)15-18(2,22-15)8-5-11(17)9-17/h11-15H,5-10H2,1-4H3/t11-,12-,13-,14-,15-,17-,18+/m0/s1. The lowest BCUT2D eigenvalue weighted by Gasteiger charge is -2.25. The van der Waals surface area contributed by atoms with Crippen LogP contribution in [0.15, 0.2) is 0 Å². The van der Waals surface area contributed by atoms with E-state index in [1.54, 1.807) is 0 Å². The van der Waals surface area contributed by atoms with Gasteiger partial charge in [-0.15, -0.1) is 0 Å². The molecule has 0 amide bonds. The van der Waals surface area contributed by atoms with Gasteiger partial charge in [-0.1, -0.05) is 6.92 Å². The molecule has 0 aromatic rings. The third-order valence-electron chi connectivity index (χ3n) is 6.87. The number of nitrogens with zero attached hydrogens (tertiary/aromatic N) is 1. The molecule has 0 N–H and O–H groups in total. The lowest BCUT2D eigenvalue weighted by molar-refractivity contribution is -0.145. The lowest BCUT2D eigenvalue weighted by atomic mass is 9.78. The molecule has 4 nitrogen and oxygen atoms in total. The molecule has 2 aliphatic carbocycles. The Morgan fingerprint density at radius 3 is 2.73 bits per heavy atom. The molecule has 7 atom stereocenters. The molecule has 0 aromatic heterocycles. The second-order valence-electron chi connectivity index (χ2n) is 8.92. The van der Waals surface area contributed by atoms with Crippen molar-refractivity contribution in [3.63, 3.8) is 0 Å². The highest BCUT2D eigenvalue weighted by Crippen LogP contribution is 2.62. The average Bonchev–Trinajstić information content (AvgIpc) is 3.26. The quantitative estimate of drug-likeness (QED) is 0.580. The van der Waals surface area contributed by atoms with Crippen LogP contribution in [0.4, 0.5) is 0 Å². The zero-order valence-electron chi connectivity index (χ0n) is 14.3. The number of hydrogen-bond acceptors (Lipinski definition) is 4. The molecule has 124 valence electrons. The average molecular weight is 307 g/mol. The zero-order chi connectivity index (χ0) is 15.7. The highest BCUT2D eigenvalue weighted by atomic mass is 16.6. The van der Waals surface area contributed by atoms with E-state index in [0.717, 1.165) is 25.3 Å². The molecule has 2 aliphatic heterocycles. The van der Waals surface area contributed by atoms with Crippen molar-refractivity contribution in [2.45, 2.75) is 63.8 Å². The second-order valence-corrected chi connectivity index (χ2v) is 8.92. The predicted molar refractivity (Wildman–Crippen MR) is 83.4 cm³/mol. The van der Waals surface area contributed by atoms with E-state index in [1.807, 2.05) is 14.1 Å². The minimum Gasteiger partial charge on any atom is -0.459 e. The van der Waals surface area contributed by atoms with Gasteiger partial charge in [0.1, 0.15) is 12.2 Å². The highest BCUT2D eigenvalue weighted by molar-refractivity contribution is 5.75. The molecule has 0 radical (unpaired) electrons. The molecule has 4 fully saturated rings. The molecule has 4 heteroatoms. The van der Waals surface area contributed by atoms with E-state index in [2.05, 4.69) is 18.7 Å². The van der Waals surface area contributed by atoms with Gasteiger partial charge in [-0.05, 0) is 64.5 Å². The lowest BCUT2D eigenvalue weighted by Crippen LogP contribution is -2.34. The minimum absolute atomic E-state index is 0.00158. The van der Waals surface area contributed by atoms with E-state index in [1.165, 1.54) is 19.3 Å². The fraction of sp³-hybridized carbons (Fsp3) is 0.944. The predicted octanol–water partition coefficient (Wildman–Crippen LogP) is 2.46. The number of rotatable bonds is 2. The third kappa shape index (κ3) is 2.30. The van der Waals surface area contributed by atoms with Gasteiger partial charge < -0.3 is 14.4 Å². The Labute approximate surface area is 133 Å². The summed E-state index contributed by atoms with van der Waals surface area (Å²) in [6.07, 6.45) is 6.23. The number of epoxide rings is 1. The molecule has 2 saturated carbocycles. The van der Waals surface area contributed by atoms with Crippen LogP contribution in [0.3, 0.4) is 0 Å². The Kier molecular flexibility index (Phi) is 3.19. The largest absolute Gasteiger partial charge is 0.459 e. The van der Waals surface area contributed by atoms with E-state index in [4.69, 9.17) is 9.47 Å². The van der Waals surface area contributed by atoms with Crippen molar-refractivity contribution in [2.24, 2.45) is 23.2 Å². The summed E-state index contributed by atoms with van der Waals surface area (Å²) in [5.41, 5.74) is 0.466. The van der Waals surface area contributed by atoms with Crippen molar-refractivity contribution in [3.8, 4) is 0 Å². The zero-order valence-corrected chi connectivity index (χ0v) is 14.3.